The minimum Gasteiger partial charge on any atom is -0.379 e. The average molecular weight is 388 g/mol. The van der Waals surface area contributed by atoms with Crippen LogP contribution in [-0.2, 0) is 0 Å². The summed E-state index contributed by atoms with van der Waals surface area (Å²) >= 11 is 0. The Morgan fingerprint density at radius 2 is 1.46 bits per heavy atom. The van der Waals surface area contributed by atoms with Crippen LogP contribution in [0.1, 0.15) is 69.8 Å². The van der Waals surface area contributed by atoms with E-state index in [1.165, 1.54) is 75.1 Å². The molecule has 0 atom stereocenters. The molecule has 154 valence electrons. The number of aromatic nitrogens is 3. The highest BCUT2D eigenvalue weighted by atomic mass is 16.6. The first-order chi connectivity index (χ1) is 13.7. The Morgan fingerprint density at radius 3 is 1.89 bits per heavy atom. The predicted molar refractivity (Wildman–Crippen MR) is 111 cm³/mol. The van der Waals surface area contributed by atoms with Crippen molar-refractivity contribution in [3.63, 3.8) is 0 Å². The number of hydrogen-bond acceptors (Lipinski definition) is 5. The topological polar surface area (TPSA) is 103 Å². The van der Waals surface area contributed by atoms with Crippen LogP contribution in [0.4, 0.5) is 0 Å². The van der Waals surface area contributed by atoms with Crippen LogP contribution >= 0.6 is 0 Å². The third-order valence-electron chi connectivity index (χ3n) is 5.44. The molecule has 7 heteroatoms. The maximum atomic E-state index is 8.11. The zero-order chi connectivity index (χ0) is 20.0. The molecular weight excluding hydrogens is 354 g/mol. The molecule has 3 N–H and O–H groups in total. The van der Waals surface area contributed by atoms with Gasteiger partial charge in [-0.3, -0.25) is 0 Å². The highest BCUT2D eigenvalue weighted by molar-refractivity contribution is 5.57. The molecule has 28 heavy (non-hydrogen) atoms. The lowest BCUT2D eigenvalue weighted by Gasteiger charge is -2.30. The number of nitrogens with zero attached hydrogens (tertiary/aromatic N) is 3. The molecule has 2 aromatic rings. The van der Waals surface area contributed by atoms with Crippen LogP contribution in [0, 0.1) is 11.8 Å². The number of nitrogens with one attached hydrogen (secondary N) is 2. The summed E-state index contributed by atoms with van der Waals surface area (Å²) in [5.41, 5.74) is 3.23. The maximum absolute atomic E-state index is 8.11. The van der Waals surface area contributed by atoms with Gasteiger partial charge in [-0.05, 0) is 32.6 Å². The monoisotopic (exact) mass is 387 g/mol. The van der Waals surface area contributed by atoms with Crippen molar-refractivity contribution in [2.24, 2.45) is 5.34 Å². The van der Waals surface area contributed by atoms with Gasteiger partial charge in [-0.1, -0.05) is 68.4 Å². The Hall–Kier alpha value is -2.28. The van der Waals surface area contributed by atoms with Crippen molar-refractivity contribution in [2.75, 3.05) is 0 Å². The van der Waals surface area contributed by atoms with E-state index in [1.54, 1.807) is 6.20 Å². The summed E-state index contributed by atoms with van der Waals surface area (Å²) in [6, 6.07) is 9.93. The fourth-order valence-corrected chi connectivity index (χ4v) is 3.94. The van der Waals surface area contributed by atoms with Crippen LogP contribution < -0.4 is 5.32 Å². The summed E-state index contributed by atoms with van der Waals surface area (Å²) < 4.78 is 0. The maximum Gasteiger partial charge on any atom is 0.152 e. The SMILES string of the molecule is C1CCC(NC2CCCCC2)CC1.Cc1ccc(-c2cn[nH]n2)cc1.O=NO. The van der Waals surface area contributed by atoms with Gasteiger partial charge >= 0.3 is 0 Å². The quantitative estimate of drug-likeness (QED) is 0.498. The second-order valence-corrected chi connectivity index (χ2v) is 7.64. The van der Waals surface area contributed by atoms with Crippen LogP contribution in [0.15, 0.2) is 35.8 Å². The molecule has 7 nitrogen and oxygen atoms in total. The van der Waals surface area contributed by atoms with E-state index in [1.807, 2.05) is 12.1 Å². The summed E-state index contributed by atoms with van der Waals surface area (Å²) in [5.74, 6) is 0. The van der Waals surface area contributed by atoms with Gasteiger partial charge in [0, 0.05) is 17.6 Å². The molecule has 4 rings (SSSR count). The molecule has 1 aromatic heterocycles. The van der Waals surface area contributed by atoms with Crippen molar-refractivity contribution >= 4 is 0 Å². The summed E-state index contributed by atoms with van der Waals surface area (Å²) in [6.07, 6.45) is 16.3. The van der Waals surface area contributed by atoms with Crippen molar-refractivity contribution in [1.82, 2.24) is 20.7 Å². The van der Waals surface area contributed by atoms with Gasteiger partial charge in [0.25, 0.3) is 0 Å². The smallest absolute Gasteiger partial charge is 0.152 e. The first-order valence-corrected chi connectivity index (χ1v) is 10.4. The number of H-pyrrole nitrogens is 1. The standard InChI is InChI=1S/C12H23N.C9H9N3.HNO2/c1-3-7-11(8-4-1)13-12-9-5-2-6-10-12;1-7-2-4-8(5-3-7)9-6-10-12-11-9;2-1-3/h11-13H,1-10H2;2-6H,1H3,(H,10,11,12);(H,2,3). The fraction of sp³-hybridized carbons (Fsp3) is 0.619. The lowest BCUT2D eigenvalue weighted by atomic mass is 9.91. The van der Waals surface area contributed by atoms with Gasteiger partial charge in [-0.25, -0.2) is 0 Å². The van der Waals surface area contributed by atoms with Crippen molar-refractivity contribution in [3.8, 4) is 11.3 Å². The molecule has 0 spiro atoms. The van der Waals surface area contributed by atoms with Gasteiger partial charge in [0.05, 0.1) is 6.20 Å². The molecule has 1 aromatic carbocycles. The molecular formula is C21H33N5O2. The summed E-state index contributed by atoms with van der Waals surface area (Å²) in [4.78, 5) is 8.11. The number of aryl methyl sites for hydroxylation is 1. The first-order valence-electron chi connectivity index (χ1n) is 10.4. The number of rotatable bonds is 3. The Balaban J connectivity index is 0.000000176. The average Bonchev–Trinajstić information content (AvgIpc) is 3.26. The number of aromatic amines is 1. The van der Waals surface area contributed by atoms with Crippen LogP contribution in [0.5, 0.6) is 0 Å². The predicted octanol–water partition coefficient (Wildman–Crippen LogP) is 5.16. The van der Waals surface area contributed by atoms with Gasteiger partial charge in [-0.2, -0.15) is 15.4 Å². The van der Waals surface area contributed by atoms with Crippen molar-refractivity contribution in [2.45, 2.75) is 83.2 Å². The highest BCUT2D eigenvalue weighted by Gasteiger charge is 2.19. The van der Waals surface area contributed by atoms with Crippen molar-refractivity contribution in [3.05, 3.63) is 40.9 Å². The molecule has 2 aliphatic carbocycles. The Kier molecular flexibility index (Phi) is 10.2. The molecule has 2 saturated carbocycles. The molecule has 0 aliphatic heterocycles. The van der Waals surface area contributed by atoms with Crippen LogP contribution in [0.3, 0.4) is 0 Å². The van der Waals surface area contributed by atoms with Crippen LogP contribution in [0.25, 0.3) is 11.3 Å². The summed E-state index contributed by atoms with van der Waals surface area (Å²) in [5, 5.41) is 22.1. The third-order valence-corrected chi connectivity index (χ3v) is 5.44. The van der Waals surface area contributed by atoms with E-state index >= 15 is 0 Å². The zero-order valence-corrected chi connectivity index (χ0v) is 16.8. The normalized spacial score (nSPS) is 17.6. The Labute approximate surface area is 167 Å². The molecule has 1 heterocycles. The lowest BCUT2D eigenvalue weighted by Crippen LogP contribution is -2.40. The third kappa shape index (κ3) is 8.17. The van der Waals surface area contributed by atoms with E-state index in [2.05, 4.69) is 39.8 Å². The fourth-order valence-electron chi connectivity index (χ4n) is 3.94. The highest BCUT2D eigenvalue weighted by Crippen LogP contribution is 2.22. The molecule has 0 saturated heterocycles. The summed E-state index contributed by atoms with van der Waals surface area (Å²) in [6.45, 7) is 2.06. The second-order valence-electron chi connectivity index (χ2n) is 7.64. The van der Waals surface area contributed by atoms with E-state index in [0.717, 1.165) is 23.3 Å². The molecule has 0 radical (unpaired) electrons. The van der Waals surface area contributed by atoms with E-state index in [-0.39, 0.29) is 0 Å². The van der Waals surface area contributed by atoms with Crippen LogP contribution in [0.2, 0.25) is 0 Å². The second kappa shape index (κ2) is 13.0. The zero-order valence-electron chi connectivity index (χ0n) is 16.8. The molecule has 0 unspecified atom stereocenters. The molecule has 2 aliphatic rings. The number of hydrogen-bond donors (Lipinski definition) is 3. The van der Waals surface area contributed by atoms with E-state index < -0.39 is 0 Å². The van der Waals surface area contributed by atoms with Gasteiger partial charge in [0.2, 0.25) is 0 Å². The van der Waals surface area contributed by atoms with Crippen molar-refractivity contribution < 1.29 is 5.21 Å². The minimum atomic E-state index is 0.872. The molecule has 0 bridgehead atoms. The largest absolute Gasteiger partial charge is 0.379 e. The Bertz CT molecular complexity index is 617. The molecule has 2 fully saturated rings. The van der Waals surface area contributed by atoms with Gasteiger partial charge in [0.1, 0.15) is 5.69 Å². The molecule has 0 amide bonds. The first kappa shape index (κ1) is 22.0. The van der Waals surface area contributed by atoms with E-state index in [0.29, 0.717) is 0 Å². The van der Waals surface area contributed by atoms with E-state index in [4.69, 9.17) is 10.1 Å². The van der Waals surface area contributed by atoms with Gasteiger partial charge < -0.3 is 10.5 Å². The van der Waals surface area contributed by atoms with E-state index in [9.17, 15) is 0 Å². The van der Waals surface area contributed by atoms with Gasteiger partial charge in [-0.15, -0.1) is 4.91 Å². The number of benzene rings is 1. The summed E-state index contributed by atoms with van der Waals surface area (Å²) in [7, 11) is 0. The van der Waals surface area contributed by atoms with Gasteiger partial charge in [0.15, 0.2) is 5.34 Å². The minimum absolute atomic E-state index is 0.872. The van der Waals surface area contributed by atoms with Crippen LogP contribution in [-0.4, -0.2) is 32.7 Å². The van der Waals surface area contributed by atoms with Crippen molar-refractivity contribution in [1.29, 1.82) is 0 Å². The lowest BCUT2D eigenvalue weighted by molar-refractivity contribution is 0.291. The Morgan fingerprint density at radius 1 is 0.964 bits per heavy atom.